The van der Waals surface area contributed by atoms with Gasteiger partial charge in [-0.05, 0) is 39.0 Å². The highest BCUT2D eigenvalue weighted by Gasteiger charge is 2.39. The number of rotatable bonds is 4. The molecule has 1 aromatic rings. The Kier molecular flexibility index (Phi) is 5.20. The summed E-state index contributed by atoms with van der Waals surface area (Å²) >= 11 is 9.36. The lowest BCUT2D eigenvalue weighted by atomic mass is 9.82. The Morgan fingerprint density at radius 3 is 2.72 bits per heavy atom. The molecule has 1 rings (SSSR count). The molecule has 5 heteroatoms. The smallest absolute Gasteiger partial charge is 0.314 e. The van der Waals surface area contributed by atoms with Gasteiger partial charge in [0, 0.05) is 15.1 Å². The fourth-order valence-electron chi connectivity index (χ4n) is 1.54. The van der Waals surface area contributed by atoms with Crippen LogP contribution in [-0.4, -0.2) is 17.7 Å². The first-order chi connectivity index (χ1) is 8.30. The van der Waals surface area contributed by atoms with Crippen LogP contribution in [0.5, 0.6) is 0 Å². The number of aliphatic hydroxyl groups is 1. The summed E-state index contributed by atoms with van der Waals surface area (Å²) in [5.41, 5.74) is -0.551. The molecule has 0 spiro atoms. The standard InChI is InChI=1S/C13H16BrClO3/c1-4-18-12(17)13(2,3)11(16)9-7-8(14)5-6-10(9)15/h5-7,11,16H,4H2,1-3H3. The number of carbonyl (C=O) groups excluding carboxylic acids is 1. The second kappa shape index (κ2) is 6.04. The molecule has 0 radical (unpaired) electrons. The second-order valence-electron chi connectivity index (χ2n) is 4.51. The first-order valence-corrected chi connectivity index (χ1v) is 6.78. The summed E-state index contributed by atoms with van der Waals surface area (Å²) in [7, 11) is 0. The predicted molar refractivity (Wildman–Crippen MR) is 74.5 cm³/mol. The van der Waals surface area contributed by atoms with Crippen molar-refractivity contribution >= 4 is 33.5 Å². The Morgan fingerprint density at radius 1 is 1.56 bits per heavy atom. The summed E-state index contributed by atoms with van der Waals surface area (Å²) in [4.78, 5) is 11.8. The van der Waals surface area contributed by atoms with Crippen molar-refractivity contribution in [2.75, 3.05) is 6.61 Å². The zero-order valence-corrected chi connectivity index (χ0v) is 12.9. The van der Waals surface area contributed by atoms with Gasteiger partial charge in [0.15, 0.2) is 0 Å². The Balaban J connectivity index is 3.08. The SMILES string of the molecule is CCOC(=O)C(C)(C)C(O)c1cc(Br)ccc1Cl. The molecule has 0 aliphatic carbocycles. The molecular formula is C13H16BrClO3. The van der Waals surface area contributed by atoms with Crippen LogP contribution in [-0.2, 0) is 9.53 Å². The molecule has 1 aromatic carbocycles. The topological polar surface area (TPSA) is 46.5 Å². The van der Waals surface area contributed by atoms with E-state index in [4.69, 9.17) is 16.3 Å². The van der Waals surface area contributed by atoms with Crippen molar-refractivity contribution in [3.63, 3.8) is 0 Å². The van der Waals surface area contributed by atoms with Crippen LogP contribution in [0.25, 0.3) is 0 Å². The molecule has 0 fully saturated rings. The molecule has 100 valence electrons. The average Bonchev–Trinajstić information content (AvgIpc) is 2.31. The van der Waals surface area contributed by atoms with Crippen molar-refractivity contribution in [2.45, 2.75) is 26.9 Å². The monoisotopic (exact) mass is 334 g/mol. The van der Waals surface area contributed by atoms with Crippen LogP contribution in [0.15, 0.2) is 22.7 Å². The predicted octanol–water partition coefficient (Wildman–Crippen LogP) is 3.73. The molecule has 1 unspecified atom stereocenters. The van der Waals surface area contributed by atoms with Crippen molar-refractivity contribution in [1.29, 1.82) is 0 Å². The molecule has 0 bridgehead atoms. The highest BCUT2D eigenvalue weighted by atomic mass is 79.9. The summed E-state index contributed by atoms with van der Waals surface area (Å²) in [6.07, 6.45) is -1.03. The van der Waals surface area contributed by atoms with Gasteiger partial charge in [-0.25, -0.2) is 0 Å². The maximum Gasteiger partial charge on any atom is 0.314 e. The minimum absolute atomic E-state index is 0.279. The number of ether oxygens (including phenoxy) is 1. The lowest BCUT2D eigenvalue weighted by Crippen LogP contribution is -2.33. The molecule has 0 saturated carbocycles. The van der Waals surface area contributed by atoms with E-state index >= 15 is 0 Å². The van der Waals surface area contributed by atoms with Crippen LogP contribution >= 0.6 is 27.5 Å². The van der Waals surface area contributed by atoms with Gasteiger partial charge in [0.1, 0.15) is 0 Å². The Bertz CT molecular complexity index is 446. The number of hydrogen-bond donors (Lipinski definition) is 1. The van der Waals surface area contributed by atoms with Crippen LogP contribution in [0.4, 0.5) is 0 Å². The van der Waals surface area contributed by atoms with Crippen LogP contribution in [0.1, 0.15) is 32.4 Å². The number of esters is 1. The van der Waals surface area contributed by atoms with E-state index in [1.165, 1.54) is 0 Å². The largest absolute Gasteiger partial charge is 0.465 e. The summed E-state index contributed by atoms with van der Waals surface area (Å²) in [6, 6.07) is 5.15. The summed E-state index contributed by atoms with van der Waals surface area (Å²) in [5, 5.41) is 10.8. The van der Waals surface area contributed by atoms with Crippen molar-refractivity contribution in [3.05, 3.63) is 33.3 Å². The van der Waals surface area contributed by atoms with Crippen LogP contribution in [0, 0.1) is 5.41 Å². The zero-order chi connectivity index (χ0) is 13.9. The highest BCUT2D eigenvalue weighted by molar-refractivity contribution is 9.10. The van der Waals surface area contributed by atoms with Gasteiger partial charge in [0.05, 0.1) is 18.1 Å². The van der Waals surface area contributed by atoms with E-state index in [0.717, 1.165) is 4.47 Å². The van der Waals surface area contributed by atoms with Gasteiger partial charge in [-0.3, -0.25) is 4.79 Å². The molecule has 0 heterocycles. The maximum absolute atomic E-state index is 11.8. The van der Waals surface area contributed by atoms with Crippen molar-refractivity contribution in [3.8, 4) is 0 Å². The molecule has 3 nitrogen and oxygen atoms in total. The van der Waals surface area contributed by atoms with Gasteiger partial charge in [-0.15, -0.1) is 0 Å². The van der Waals surface area contributed by atoms with Crippen molar-refractivity contribution in [1.82, 2.24) is 0 Å². The first-order valence-electron chi connectivity index (χ1n) is 5.61. The number of benzene rings is 1. The molecule has 0 aromatic heterocycles. The van der Waals surface area contributed by atoms with E-state index < -0.39 is 17.5 Å². The van der Waals surface area contributed by atoms with Gasteiger partial charge >= 0.3 is 5.97 Å². The molecule has 18 heavy (non-hydrogen) atoms. The molecule has 1 N–H and O–H groups in total. The van der Waals surface area contributed by atoms with E-state index in [0.29, 0.717) is 10.6 Å². The van der Waals surface area contributed by atoms with Crippen molar-refractivity contribution < 1.29 is 14.6 Å². The normalized spacial score (nSPS) is 13.2. The lowest BCUT2D eigenvalue weighted by Gasteiger charge is -2.29. The second-order valence-corrected chi connectivity index (χ2v) is 5.83. The Labute approximate surface area is 120 Å². The Morgan fingerprint density at radius 2 is 2.17 bits per heavy atom. The van der Waals surface area contributed by atoms with Gasteiger partial charge < -0.3 is 9.84 Å². The molecule has 0 amide bonds. The van der Waals surface area contributed by atoms with E-state index in [1.807, 2.05) is 0 Å². The average molecular weight is 336 g/mol. The highest BCUT2D eigenvalue weighted by Crippen LogP contribution is 2.38. The zero-order valence-electron chi connectivity index (χ0n) is 10.5. The summed E-state index contributed by atoms with van der Waals surface area (Å²) in [5.74, 6) is -0.450. The summed E-state index contributed by atoms with van der Waals surface area (Å²) in [6.45, 7) is 5.27. The first kappa shape index (κ1) is 15.5. The number of hydrogen-bond acceptors (Lipinski definition) is 3. The van der Waals surface area contributed by atoms with E-state index in [2.05, 4.69) is 15.9 Å². The number of carbonyl (C=O) groups is 1. The van der Waals surface area contributed by atoms with Crippen molar-refractivity contribution in [2.24, 2.45) is 5.41 Å². The number of halogens is 2. The fraction of sp³-hybridized carbons (Fsp3) is 0.462. The maximum atomic E-state index is 11.8. The van der Waals surface area contributed by atoms with Crippen LogP contribution in [0.2, 0.25) is 5.02 Å². The van der Waals surface area contributed by atoms with E-state index in [9.17, 15) is 9.90 Å². The third kappa shape index (κ3) is 3.25. The minimum atomic E-state index is -1.06. The fourth-order valence-corrected chi connectivity index (χ4v) is 2.14. The molecule has 0 aliphatic heterocycles. The third-order valence-corrected chi connectivity index (χ3v) is 3.58. The molecule has 1 atom stereocenters. The van der Waals surface area contributed by atoms with Gasteiger partial charge in [0.25, 0.3) is 0 Å². The molecular weight excluding hydrogens is 319 g/mol. The van der Waals surface area contributed by atoms with Crippen LogP contribution < -0.4 is 0 Å². The molecule has 0 saturated heterocycles. The Hall–Kier alpha value is -0.580. The van der Waals surface area contributed by atoms with E-state index in [1.54, 1.807) is 39.0 Å². The van der Waals surface area contributed by atoms with Gasteiger partial charge in [0.2, 0.25) is 0 Å². The number of aliphatic hydroxyl groups excluding tert-OH is 1. The van der Waals surface area contributed by atoms with Gasteiger partial charge in [-0.1, -0.05) is 27.5 Å². The van der Waals surface area contributed by atoms with Crippen LogP contribution in [0.3, 0.4) is 0 Å². The lowest BCUT2D eigenvalue weighted by molar-refractivity contribution is -0.160. The quantitative estimate of drug-likeness (QED) is 0.853. The van der Waals surface area contributed by atoms with E-state index in [-0.39, 0.29) is 6.61 Å². The van der Waals surface area contributed by atoms with Gasteiger partial charge in [-0.2, -0.15) is 0 Å². The summed E-state index contributed by atoms with van der Waals surface area (Å²) < 4.78 is 5.76. The third-order valence-electron chi connectivity index (χ3n) is 2.74. The molecule has 0 aliphatic rings. The minimum Gasteiger partial charge on any atom is -0.465 e.